The molecule has 0 radical (unpaired) electrons. The summed E-state index contributed by atoms with van der Waals surface area (Å²) in [6, 6.07) is 16.8. The largest absolute Gasteiger partial charge is 0.444 e. The molecule has 30 heavy (non-hydrogen) atoms. The smallest absolute Gasteiger partial charge is 0.226 e. The van der Waals surface area contributed by atoms with Crippen molar-refractivity contribution in [2.75, 3.05) is 20.1 Å². The van der Waals surface area contributed by atoms with E-state index in [1.807, 2.05) is 0 Å². The summed E-state index contributed by atoms with van der Waals surface area (Å²) in [5.41, 5.74) is 3.22. The van der Waals surface area contributed by atoms with Crippen LogP contribution in [-0.2, 0) is 11.8 Å². The number of hydrogen-bond donors (Lipinski definition) is 2. The van der Waals surface area contributed by atoms with Crippen molar-refractivity contribution in [3.8, 4) is 11.5 Å². The van der Waals surface area contributed by atoms with Crippen LogP contribution >= 0.6 is 24.0 Å². The van der Waals surface area contributed by atoms with Crippen molar-refractivity contribution >= 4 is 29.9 Å². The topological polar surface area (TPSA) is 62.5 Å². The number of nitrogens with zero attached hydrogens (tertiary/aromatic N) is 2. The fourth-order valence-corrected chi connectivity index (χ4v) is 3.44. The third kappa shape index (κ3) is 5.38. The number of aromatic nitrogens is 1. The molecule has 2 N–H and O–H groups in total. The lowest BCUT2D eigenvalue weighted by atomic mass is 9.96. The third-order valence-corrected chi connectivity index (χ3v) is 5.37. The van der Waals surface area contributed by atoms with Gasteiger partial charge in [-0.25, -0.2) is 9.37 Å². The first kappa shape index (κ1) is 22.3. The fourth-order valence-electron chi connectivity index (χ4n) is 3.44. The summed E-state index contributed by atoms with van der Waals surface area (Å²) in [4.78, 5) is 8.80. The van der Waals surface area contributed by atoms with Crippen molar-refractivity contribution < 1.29 is 8.81 Å². The Morgan fingerprint density at radius 3 is 2.50 bits per heavy atom. The first-order valence-electron chi connectivity index (χ1n) is 9.89. The summed E-state index contributed by atoms with van der Waals surface area (Å²) < 4.78 is 18.6. The highest BCUT2D eigenvalue weighted by Crippen LogP contribution is 2.47. The lowest BCUT2D eigenvalue weighted by Crippen LogP contribution is -2.42. The summed E-state index contributed by atoms with van der Waals surface area (Å²) in [7, 11) is 1.78. The first-order chi connectivity index (χ1) is 14.2. The number of aliphatic imine (C=N–C) groups is 1. The van der Waals surface area contributed by atoms with Crippen LogP contribution in [0.3, 0.4) is 0 Å². The maximum absolute atomic E-state index is 13.0. The predicted octanol–water partition coefficient (Wildman–Crippen LogP) is 4.54. The zero-order chi connectivity index (χ0) is 20.1. The molecule has 0 saturated heterocycles. The standard InChI is InChI=1S/C23H25FN4O.HI/c1-25-22(27-16-23(12-13-23)18-5-3-2-4-6-18)26-14-11-20-15-29-21(28-20)17-7-9-19(24)10-8-17;/h2-10,15H,11-14,16H2,1H3,(H2,25,26,27);1H. The van der Waals surface area contributed by atoms with Crippen molar-refractivity contribution in [2.24, 2.45) is 4.99 Å². The number of halogens is 2. The van der Waals surface area contributed by atoms with Crippen molar-refractivity contribution in [3.05, 3.63) is 77.9 Å². The van der Waals surface area contributed by atoms with Crippen LogP contribution in [-0.4, -0.2) is 31.1 Å². The van der Waals surface area contributed by atoms with Crippen LogP contribution in [0.25, 0.3) is 11.5 Å². The van der Waals surface area contributed by atoms with Crippen LogP contribution in [0.15, 0.2) is 70.3 Å². The van der Waals surface area contributed by atoms with Crippen molar-refractivity contribution in [1.29, 1.82) is 0 Å². The third-order valence-electron chi connectivity index (χ3n) is 5.37. The number of guanidine groups is 1. The highest BCUT2D eigenvalue weighted by molar-refractivity contribution is 14.0. The zero-order valence-corrected chi connectivity index (χ0v) is 19.2. The SMILES string of the molecule is CN=C(NCCc1coc(-c2ccc(F)cc2)n1)NCC1(c2ccccc2)CC1.I. The molecular formula is C23H26FIN4O. The molecule has 158 valence electrons. The lowest BCUT2D eigenvalue weighted by molar-refractivity contribution is 0.571. The summed E-state index contributed by atoms with van der Waals surface area (Å²) in [5.74, 6) is 1.01. The van der Waals surface area contributed by atoms with E-state index in [1.54, 1.807) is 25.4 Å². The van der Waals surface area contributed by atoms with Gasteiger partial charge < -0.3 is 15.1 Å². The molecule has 0 spiro atoms. The number of hydrogen-bond acceptors (Lipinski definition) is 3. The van der Waals surface area contributed by atoms with Gasteiger partial charge in [0.15, 0.2) is 5.96 Å². The van der Waals surface area contributed by atoms with Gasteiger partial charge >= 0.3 is 0 Å². The minimum atomic E-state index is -0.274. The predicted molar refractivity (Wildman–Crippen MR) is 128 cm³/mol. The van der Waals surface area contributed by atoms with Gasteiger partial charge in [0.2, 0.25) is 5.89 Å². The van der Waals surface area contributed by atoms with Gasteiger partial charge in [-0.1, -0.05) is 30.3 Å². The maximum atomic E-state index is 13.0. The Morgan fingerprint density at radius 1 is 1.10 bits per heavy atom. The van der Waals surface area contributed by atoms with Crippen molar-refractivity contribution in [2.45, 2.75) is 24.7 Å². The molecule has 1 fully saturated rings. The Bertz CT molecular complexity index is 968. The molecule has 2 aromatic carbocycles. The minimum Gasteiger partial charge on any atom is -0.444 e. The van der Waals surface area contributed by atoms with Gasteiger partial charge in [0.25, 0.3) is 0 Å². The van der Waals surface area contributed by atoms with E-state index in [0.29, 0.717) is 18.9 Å². The van der Waals surface area contributed by atoms with E-state index in [9.17, 15) is 4.39 Å². The van der Waals surface area contributed by atoms with Gasteiger partial charge in [-0.05, 0) is 42.7 Å². The zero-order valence-electron chi connectivity index (χ0n) is 16.9. The van der Waals surface area contributed by atoms with E-state index < -0.39 is 0 Å². The second-order valence-corrected chi connectivity index (χ2v) is 7.40. The van der Waals surface area contributed by atoms with Crippen LogP contribution in [0.4, 0.5) is 4.39 Å². The normalized spacial score (nSPS) is 14.7. The van der Waals surface area contributed by atoms with Crippen molar-refractivity contribution in [1.82, 2.24) is 15.6 Å². The molecule has 3 aromatic rings. The molecule has 5 nitrogen and oxygen atoms in total. The summed E-state index contributed by atoms with van der Waals surface area (Å²) >= 11 is 0. The average molecular weight is 520 g/mol. The molecule has 4 rings (SSSR count). The monoisotopic (exact) mass is 520 g/mol. The summed E-state index contributed by atoms with van der Waals surface area (Å²) in [6.07, 6.45) is 4.75. The molecule has 0 amide bonds. The second-order valence-electron chi connectivity index (χ2n) is 7.40. The number of nitrogens with one attached hydrogen (secondary N) is 2. The molecule has 0 aliphatic heterocycles. The van der Waals surface area contributed by atoms with Crippen molar-refractivity contribution in [3.63, 3.8) is 0 Å². The summed E-state index contributed by atoms with van der Waals surface area (Å²) in [5, 5.41) is 6.79. The summed E-state index contributed by atoms with van der Waals surface area (Å²) in [6.45, 7) is 1.56. The first-order valence-corrected chi connectivity index (χ1v) is 9.89. The Kier molecular flexibility index (Phi) is 7.47. The number of rotatable bonds is 7. The van der Waals surface area contributed by atoms with E-state index in [-0.39, 0.29) is 35.2 Å². The number of oxazole rings is 1. The Balaban J connectivity index is 0.00000256. The fraction of sp³-hybridized carbons (Fsp3) is 0.304. The Morgan fingerprint density at radius 2 is 1.83 bits per heavy atom. The maximum Gasteiger partial charge on any atom is 0.226 e. The molecule has 1 aliphatic carbocycles. The molecule has 0 unspecified atom stereocenters. The highest BCUT2D eigenvalue weighted by Gasteiger charge is 2.43. The molecule has 1 heterocycles. The van der Waals surface area contributed by atoms with Crippen LogP contribution in [0, 0.1) is 5.82 Å². The van der Waals surface area contributed by atoms with Gasteiger partial charge in [0.1, 0.15) is 12.1 Å². The Hall–Kier alpha value is -2.42. The van der Waals surface area contributed by atoms with Gasteiger partial charge in [0, 0.05) is 37.5 Å². The molecule has 0 atom stereocenters. The van der Waals surface area contributed by atoms with Crippen LogP contribution in [0.5, 0.6) is 0 Å². The molecular weight excluding hydrogens is 494 g/mol. The van der Waals surface area contributed by atoms with Gasteiger partial charge in [-0.3, -0.25) is 4.99 Å². The minimum absolute atomic E-state index is 0. The van der Waals surface area contributed by atoms with Crippen LogP contribution in [0.2, 0.25) is 0 Å². The average Bonchev–Trinajstić information content (AvgIpc) is 3.41. The van der Waals surface area contributed by atoms with E-state index in [0.717, 1.165) is 23.8 Å². The molecule has 0 bridgehead atoms. The second kappa shape index (κ2) is 10.1. The highest BCUT2D eigenvalue weighted by atomic mass is 127. The Labute approximate surface area is 193 Å². The van der Waals surface area contributed by atoms with Crippen LogP contribution in [0.1, 0.15) is 24.1 Å². The van der Waals surface area contributed by atoms with E-state index in [1.165, 1.54) is 30.5 Å². The van der Waals surface area contributed by atoms with Gasteiger partial charge in [0.05, 0.1) is 5.69 Å². The molecule has 1 aliphatic rings. The van der Waals surface area contributed by atoms with E-state index >= 15 is 0 Å². The number of benzene rings is 2. The van der Waals surface area contributed by atoms with E-state index in [4.69, 9.17) is 4.42 Å². The molecule has 7 heteroatoms. The van der Waals surface area contributed by atoms with Gasteiger partial charge in [-0.2, -0.15) is 0 Å². The lowest BCUT2D eigenvalue weighted by Gasteiger charge is -2.19. The van der Waals surface area contributed by atoms with Crippen LogP contribution < -0.4 is 10.6 Å². The quantitative estimate of drug-likeness (QED) is 0.273. The molecule has 1 saturated carbocycles. The molecule has 1 aromatic heterocycles. The van der Waals surface area contributed by atoms with E-state index in [2.05, 4.69) is 50.9 Å². The van der Waals surface area contributed by atoms with Gasteiger partial charge in [-0.15, -0.1) is 24.0 Å².